The zero-order valence-electron chi connectivity index (χ0n) is 9.44. The molecule has 0 heterocycles. The maximum absolute atomic E-state index is 11.0. The third-order valence-corrected chi connectivity index (χ3v) is 2.80. The van der Waals surface area contributed by atoms with E-state index < -0.39 is 16.1 Å². The van der Waals surface area contributed by atoms with Gasteiger partial charge in [-0.25, -0.2) is 4.79 Å². The summed E-state index contributed by atoms with van der Waals surface area (Å²) in [6.45, 7) is -0.388. The van der Waals surface area contributed by atoms with Crippen molar-refractivity contribution in [1.82, 2.24) is 0 Å². The Morgan fingerprint density at radius 2 is 2.11 bits per heavy atom. The number of ether oxygens (including phenoxy) is 1. The number of nitrogens with zero attached hydrogens (tertiary/aromatic N) is 1. The lowest BCUT2D eigenvalue weighted by molar-refractivity contribution is -0.145. The Kier molecular flexibility index (Phi) is 4.81. The van der Waals surface area contributed by atoms with E-state index >= 15 is 0 Å². The molecule has 0 saturated heterocycles. The molecule has 0 radical (unpaired) electrons. The molecule has 1 aromatic carbocycles. The van der Waals surface area contributed by atoms with Crippen LogP contribution in [0, 0.1) is 0 Å². The van der Waals surface area contributed by atoms with Crippen molar-refractivity contribution in [2.45, 2.75) is 4.90 Å². The largest absolute Gasteiger partial charge is 0.466 e. The topological polar surface area (TPSA) is 102 Å². The van der Waals surface area contributed by atoms with Crippen molar-refractivity contribution in [2.75, 3.05) is 13.7 Å². The molecule has 0 saturated carbocycles. The van der Waals surface area contributed by atoms with E-state index in [0.717, 1.165) is 6.21 Å². The van der Waals surface area contributed by atoms with E-state index in [1.165, 1.54) is 25.3 Å². The third-order valence-electron chi connectivity index (χ3n) is 1.87. The number of oxime groups is 1. The van der Waals surface area contributed by atoms with E-state index in [2.05, 4.69) is 14.7 Å². The summed E-state index contributed by atoms with van der Waals surface area (Å²) >= 11 is 0. The molecule has 0 amide bonds. The van der Waals surface area contributed by atoms with Gasteiger partial charge in [0.15, 0.2) is 0 Å². The molecule has 98 valence electrons. The van der Waals surface area contributed by atoms with Crippen LogP contribution in [0.5, 0.6) is 0 Å². The summed E-state index contributed by atoms with van der Waals surface area (Å²) in [7, 11) is -3.13. The molecule has 0 atom stereocenters. The average molecular weight is 273 g/mol. The fraction of sp³-hybridized carbons (Fsp3) is 0.200. The highest BCUT2D eigenvalue weighted by Crippen LogP contribution is 2.12. The molecule has 0 aliphatic carbocycles. The zero-order valence-corrected chi connectivity index (χ0v) is 10.3. The molecule has 1 N–H and O–H groups in total. The Bertz CT molecular complexity index is 551. The van der Waals surface area contributed by atoms with E-state index in [4.69, 9.17) is 4.55 Å². The van der Waals surface area contributed by atoms with Gasteiger partial charge >= 0.3 is 5.97 Å². The monoisotopic (exact) mass is 273 g/mol. The summed E-state index contributed by atoms with van der Waals surface area (Å²) in [6.07, 6.45) is 1.08. The molecule has 18 heavy (non-hydrogen) atoms. The van der Waals surface area contributed by atoms with Gasteiger partial charge in [-0.3, -0.25) is 4.55 Å². The van der Waals surface area contributed by atoms with Crippen molar-refractivity contribution in [3.05, 3.63) is 29.8 Å². The number of carbonyl (C=O) groups is 1. The first-order chi connectivity index (χ1) is 8.45. The first-order valence-corrected chi connectivity index (χ1v) is 6.18. The van der Waals surface area contributed by atoms with Gasteiger partial charge in [0.05, 0.1) is 13.3 Å². The SMILES string of the molecule is COC(=O)CO/N=C/c1ccccc1S(=O)(=O)O. The molecule has 0 bridgehead atoms. The minimum Gasteiger partial charge on any atom is -0.466 e. The number of rotatable bonds is 5. The Balaban J connectivity index is 2.79. The lowest BCUT2D eigenvalue weighted by Crippen LogP contribution is -2.08. The molecule has 0 unspecified atom stereocenters. The van der Waals surface area contributed by atoms with Crippen molar-refractivity contribution in [3.8, 4) is 0 Å². The van der Waals surface area contributed by atoms with Gasteiger partial charge in [-0.05, 0) is 6.07 Å². The normalized spacial score (nSPS) is 11.4. The maximum atomic E-state index is 11.0. The van der Waals surface area contributed by atoms with Gasteiger partial charge in [-0.15, -0.1) is 0 Å². The molecule has 0 aliphatic rings. The van der Waals surface area contributed by atoms with Gasteiger partial charge in [-0.2, -0.15) is 8.42 Å². The van der Waals surface area contributed by atoms with E-state index in [0.29, 0.717) is 0 Å². The number of esters is 1. The Morgan fingerprint density at radius 1 is 1.44 bits per heavy atom. The highest BCUT2D eigenvalue weighted by molar-refractivity contribution is 7.86. The van der Waals surface area contributed by atoms with Crippen LogP contribution in [0.1, 0.15) is 5.56 Å². The zero-order chi connectivity index (χ0) is 13.6. The fourth-order valence-corrected chi connectivity index (χ4v) is 1.73. The standard InChI is InChI=1S/C10H11NO6S/c1-16-10(12)7-17-11-6-8-4-2-3-5-9(8)18(13,14)15/h2-6H,7H2,1H3,(H,13,14,15)/b11-6+. The lowest BCUT2D eigenvalue weighted by atomic mass is 10.2. The Morgan fingerprint density at radius 3 is 2.72 bits per heavy atom. The molecule has 0 aliphatic heterocycles. The second-order valence-electron chi connectivity index (χ2n) is 3.10. The van der Waals surface area contributed by atoms with Gasteiger partial charge in [0.25, 0.3) is 10.1 Å². The van der Waals surface area contributed by atoms with Crippen LogP contribution in [0.3, 0.4) is 0 Å². The van der Waals surface area contributed by atoms with Gasteiger partial charge in [0, 0.05) is 5.56 Å². The first-order valence-electron chi connectivity index (χ1n) is 4.74. The van der Waals surface area contributed by atoms with Crippen molar-refractivity contribution >= 4 is 22.3 Å². The van der Waals surface area contributed by atoms with Crippen LogP contribution >= 0.6 is 0 Å². The number of benzene rings is 1. The number of carbonyl (C=O) groups excluding carboxylic acids is 1. The first kappa shape index (κ1) is 14.1. The number of hydrogen-bond donors (Lipinski definition) is 1. The predicted octanol–water partition coefficient (Wildman–Crippen LogP) is 0.457. The van der Waals surface area contributed by atoms with E-state index in [1.807, 2.05) is 0 Å². The van der Waals surface area contributed by atoms with Gasteiger partial charge in [0.2, 0.25) is 6.61 Å². The molecule has 0 aromatic heterocycles. The second-order valence-corrected chi connectivity index (χ2v) is 4.49. The predicted molar refractivity (Wildman–Crippen MR) is 61.8 cm³/mol. The summed E-state index contributed by atoms with van der Waals surface area (Å²) in [5, 5.41) is 3.40. The Hall–Kier alpha value is -1.93. The van der Waals surface area contributed by atoms with E-state index in [-0.39, 0.29) is 17.1 Å². The molecule has 0 spiro atoms. The molecule has 1 aromatic rings. The van der Waals surface area contributed by atoms with Crippen LogP contribution in [0.4, 0.5) is 0 Å². The molecular weight excluding hydrogens is 262 g/mol. The molecule has 1 rings (SSSR count). The number of hydrogen-bond acceptors (Lipinski definition) is 6. The van der Waals surface area contributed by atoms with Crippen LogP contribution in [0.25, 0.3) is 0 Å². The number of methoxy groups -OCH3 is 1. The van der Waals surface area contributed by atoms with Crippen molar-refractivity contribution in [2.24, 2.45) is 5.16 Å². The highest BCUT2D eigenvalue weighted by atomic mass is 32.2. The van der Waals surface area contributed by atoms with Crippen LogP contribution in [0.15, 0.2) is 34.3 Å². The summed E-state index contributed by atoms with van der Waals surface area (Å²) in [5.74, 6) is -0.616. The summed E-state index contributed by atoms with van der Waals surface area (Å²) in [5.41, 5.74) is 0.143. The highest BCUT2D eigenvalue weighted by Gasteiger charge is 2.13. The maximum Gasteiger partial charge on any atom is 0.346 e. The quantitative estimate of drug-likeness (QED) is 0.362. The third kappa shape index (κ3) is 4.15. The summed E-state index contributed by atoms with van der Waals surface area (Å²) in [4.78, 5) is 15.0. The van der Waals surface area contributed by atoms with Crippen LogP contribution in [0.2, 0.25) is 0 Å². The molecule has 8 heteroatoms. The Labute approximate surface area is 104 Å². The minimum atomic E-state index is -4.33. The van der Waals surface area contributed by atoms with Crippen LogP contribution < -0.4 is 0 Å². The summed E-state index contributed by atoms with van der Waals surface area (Å²) in [6, 6.07) is 5.66. The average Bonchev–Trinajstić information content (AvgIpc) is 2.33. The van der Waals surface area contributed by atoms with Crippen molar-refractivity contribution < 1.29 is 27.3 Å². The fourth-order valence-electron chi connectivity index (χ4n) is 1.07. The van der Waals surface area contributed by atoms with Gasteiger partial charge in [-0.1, -0.05) is 23.4 Å². The molecular formula is C10H11NO6S. The smallest absolute Gasteiger partial charge is 0.346 e. The second kappa shape index (κ2) is 6.12. The van der Waals surface area contributed by atoms with Gasteiger partial charge < -0.3 is 9.57 Å². The molecule has 7 nitrogen and oxygen atoms in total. The van der Waals surface area contributed by atoms with Crippen LogP contribution in [-0.2, 0) is 24.5 Å². The summed E-state index contributed by atoms with van der Waals surface area (Å²) < 4.78 is 35.3. The van der Waals surface area contributed by atoms with Crippen molar-refractivity contribution in [1.29, 1.82) is 0 Å². The van der Waals surface area contributed by atoms with Crippen molar-refractivity contribution in [3.63, 3.8) is 0 Å². The van der Waals surface area contributed by atoms with Crippen LogP contribution in [-0.4, -0.2) is 38.9 Å². The minimum absolute atomic E-state index is 0.143. The van der Waals surface area contributed by atoms with Gasteiger partial charge in [0.1, 0.15) is 4.90 Å². The van der Waals surface area contributed by atoms with E-state index in [1.54, 1.807) is 6.07 Å². The van der Waals surface area contributed by atoms with E-state index in [9.17, 15) is 13.2 Å². The molecule has 0 fully saturated rings. The lowest BCUT2D eigenvalue weighted by Gasteiger charge is -2.01.